The van der Waals surface area contributed by atoms with Gasteiger partial charge in [0.15, 0.2) is 0 Å². The lowest BCUT2D eigenvalue weighted by atomic mass is 9.84. The third-order valence-electron chi connectivity index (χ3n) is 4.32. The van der Waals surface area contributed by atoms with E-state index in [1.807, 2.05) is 19.1 Å². The number of hydrogen-bond donors (Lipinski definition) is 2. The molecule has 0 bridgehead atoms. The predicted molar refractivity (Wildman–Crippen MR) is 86.5 cm³/mol. The van der Waals surface area contributed by atoms with Gasteiger partial charge in [0.2, 0.25) is 0 Å². The second kappa shape index (κ2) is 7.34. The molecule has 0 saturated heterocycles. The van der Waals surface area contributed by atoms with E-state index in [0.29, 0.717) is 23.9 Å². The number of nitrogen functional groups attached to an aromatic ring is 1. The third-order valence-corrected chi connectivity index (χ3v) is 4.32. The summed E-state index contributed by atoms with van der Waals surface area (Å²) in [5.41, 5.74) is 7.75. The molecule has 1 aromatic carbocycles. The molecule has 0 unspecified atom stereocenters. The summed E-state index contributed by atoms with van der Waals surface area (Å²) < 4.78 is 5.11. The van der Waals surface area contributed by atoms with Crippen LogP contribution in [0, 0.1) is 5.92 Å². The van der Waals surface area contributed by atoms with Crippen molar-refractivity contribution in [3.63, 3.8) is 0 Å². The molecule has 1 aliphatic rings. The van der Waals surface area contributed by atoms with Gasteiger partial charge in [0.1, 0.15) is 0 Å². The van der Waals surface area contributed by atoms with Crippen LogP contribution in [0.1, 0.15) is 56.3 Å². The average molecular weight is 290 g/mol. The molecule has 1 saturated carbocycles. The van der Waals surface area contributed by atoms with E-state index in [0.717, 1.165) is 24.4 Å². The molecule has 0 aliphatic heterocycles. The van der Waals surface area contributed by atoms with Crippen molar-refractivity contribution in [2.24, 2.45) is 5.92 Å². The Labute approximate surface area is 127 Å². The lowest BCUT2D eigenvalue weighted by Crippen LogP contribution is -2.27. The smallest absolute Gasteiger partial charge is 0.340 e. The number of esters is 1. The minimum atomic E-state index is -0.311. The van der Waals surface area contributed by atoms with Gasteiger partial charge >= 0.3 is 5.97 Å². The van der Waals surface area contributed by atoms with E-state index in [4.69, 9.17) is 10.5 Å². The summed E-state index contributed by atoms with van der Waals surface area (Å²) in [5, 5.41) is 3.50. The number of anilines is 2. The first kappa shape index (κ1) is 15.7. The minimum Gasteiger partial charge on any atom is -0.462 e. The maximum atomic E-state index is 12.0. The summed E-state index contributed by atoms with van der Waals surface area (Å²) in [6.07, 6.45) is 6.11. The van der Waals surface area contributed by atoms with Crippen LogP contribution in [0.5, 0.6) is 0 Å². The van der Waals surface area contributed by atoms with Crippen LogP contribution in [0.25, 0.3) is 0 Å². The Morgan fingerprint density at radius 2 is 2.00 bits per heavy atom. The first-order valence-corrected chi connectivity index (χ1v) is 7.97. The molecule has 21 heavy (non-hydrogen) atoms. The van der Waals surface area contributed by atoms with E-state index < -0.39 is 0 Å². The van der Waals surface area contributed by atoms with Crippen molar-refractivity contribution in [1.82, 2.24) is 0 Å². The van der Waals surface area contributed by atoms with Crippen LogP contribution in [0.4, 0.5) is 11.4 Å². The number of nitrogens with two attached hydrogens (primary N) is 1. The fourth-order valence-corrected chi connectivity index (χ4v) is 3.00. The van der Waals surface area contributed by atoms with E-state index >= 15 is 0 Å². The molecule has 0 amide bonds. The number of ether oxygens (including phenoxy) is 1. The summed E-state index contributed by atoms with van der Waals surface area (Å²) >= 11 is 0. The Balaban J connectivity index is 2.07. The van der Waals surface area contributed by atoms with Gasteiger partial charge in [-0.3, -0.25) is 0 Å². The van der Waals surface area contributed by atoms with Crippen LogP contribution in [-0.2, 0) is 4.74 Å². The Morgan fingerprint density at radius 3 is 2.62 bits per heavy atom. The van der Waals surface area contributed by atoms with Crippen molar-refractivity contribution < 1.29 is 9.53 Å². The molecule has 3 N–H and O–H groups in total. The molecule has 2 rings (SSSR count). The van der Waals surface area contributed by atoms with Crippen LogP contribution >= 0.6 is 0 Å². The van der Waals surface area contributed by atoms with Crippen molar-refractivity contribution in [3.8, 4) is 0 Å². The van der Waals surface area contributed by atoms with Gasteiger partial charge in [-0.15, -0.1) is 0 Å². The van der Waals surface area contributed by atoms with Crippen molar-refractivity contribution in [1.29, 1.82) is 0 Å². The standard InChI is InChI=1S/C17H26N2O2/c1-3-12-5-8-14(9-6-12)19-16-10-7-13(18)11-15(16)17(20)21-4-2/h7,10-12,14,19H,3-6,8-9,18H2,1-2H3. The molecule has 1 fully saturated rings. The quantitative estimate of drug-likeness (QED) is 0.639. The number of rotatable bonds is 5. The van der Waals surface area contributed by atoms with Crippen molar-refractivity contribution in [2.45, 2.75) is 52.0 Å². The highest BCUT2D eigenvalue weighted by molar-refractivity contribution is 5.96. The lowest BCUT2D eigenvalue weighted by Gasteiger charge is -2.29. The second-order valence-corrected chi connectivity index (χ2v) is 5.80. The Bertz CT molecular complexity index is 480. The van der Waals surface area contributed by atoms with Crippen LogP contribution in [-0.4, -0.2) is 18.6 Å². The van der Waals surface area contributed by atoms with Gasteiger partial charge in [0.25, 0.3) is 0 Å². The summed E-state index contributed by atoms with van der Waals surface area (Å²) in [7, 11) is 0. The van der Waals surface area contributed by atoms with Crippen molar-refractivity contribution >= 4 is 17.3 Å². The zero-order valence-corrected chi connectivity index (χ0v) is 13.0. The van der Waals surface area contributed by atoms with Gasteiger partial charge in [-0.1, -0.05) is 13.3 Å². The highest BCUT2D eigenvalue weighted by atomic mass is 16.5. The molecule has 4 heteroatoms. The third kappa shape index (κ3) is 4.13. The number of carbonyl (C=O) groups excluding carboxylic acids is 1. The van der Waals surface area contributed by atoms with E-state index in [9.17, 15) is 4.79 Å². The second-order valence-electron chi connectivity index (χ2n) is 5.80. The zero-order valence-electron chi connectivity index (χ0n) is 13.0. The van der Waals surface area contributed by atoms with Crippen molar-refractivity contribution in [3.05, 3.63) is 23.8 Å². The summed E-state index contributed by atoms with van der Waals surface area (Å²) in [6, 6.07) is 5.83. The van der Waals surface area contributed by atoms with E-state index in [1.165, 1.54) is 19.3 Å². The lowest BCUT2D eigenvalue weighted by molar-refractivity contribution is 0.0527. The Kier molecular flexibility index (Phi) is 5.48. The number of benzene rings is 1. The molecule has 1 aliphatic carbocycles. The Morgan fingerprint density at radius 1 is 1.29 bits per heavy atom. The molecular weight excluding hydrogens is 264 g/mol. The molecule has 0 aromatic heterocycles. The predicted octanol–water partition coefficient (Wildman–Crippen LogP) is 3.83. The van der Waals surface area contributed by atoms with Crippen LogP contribution in [0.2, 0.25) is 0 Å². The number of nitrogens with one attached hydrogen (secondary N) is 1. The highest BCUT2D eigenvalue weighted by Crippen LogP contribution is 2.30. The minimum absolute atomic E-state index is 0.311. The fourth-order valence-electron chi connectivity index (χ4n) is 3.00. The molecule has 0 spiro atoms. The molecule has 0 radical (unpaired) electrons. The summed E-state index contributed by atoms with van der Waals surface area (Å²) in [4.78, 5) is 12.0. The molecule has 0 atom stereocenters. The maximum Gasteiger partial charge on any atom is 0.340 e. The fraction of sp³-hybridized carbons (Fsp3) is 0.588. The Hall–Kier alpha value is -1.71. The largest absolute Gasteiger partial charge is 0.462 e. The molecule has 116 valence electrons. The van der Waals surface area contributed by atoms with Gasteiger partial charge in [-0.05, 0) is 56.7 Å². The van der Waals surface area contributed by atoms with Gasteiger partial charge in [0, 0.05) is 17.4 Å². The van der Waals surface area contributed by atoms with Crippen molar-refractivity contribution in [2.75, 3.05) is 17.7 Å². The molecule has 1 aromatic rings. The first-order valence-electron chi connectivity index (χ1n) is 7.97. The highest BCUT2D eigenvalue weighted by Gasteiger charge is 2.21. The van der Waals surface area contributed by atoms with E-state index in [2.05, 4.69) is 12.2 Å². The summed E-state index contributed by atoms with van der Waals surface area (Å²) in [5.74, 6) is 0.550. The van der Waals surface area contributed by atoms with Crippen LogP contribution in [0.3, 0.4) is 0 Å². The average Bonchev–Trinajstić information content (AvgIpc) is 2.50. The molecular formula is C17H26N2O2. The first-order chi connectivity index (χ1) is 10.1. The van der Waals surface area contributed by atoms with Crippen LogP contribution < -0.4 is 11.1 Å². The summed E-state index contributed by atoms with van der Waals surface area (Å²) in [6.45, 7) is 4.44. The normalized spacial score (nSPS) is 21.8. The molecule has 0 heterocycles. The van der Waals surface area contributed by atoms with E-state index in [1.54, 1.807) is 6.07 Å². The van der Waals surface area contributed by atoms with E-state index in [-0.39, 0.29) is 5.97 Å². The number of hydrogen-bond acceptors (Lipinski definition) is 4. The zero-order chi connectivity index (χ0) is 15.2. The van der Waals surface area contributed by atoms with Crippen LogP contribution in [0.15, 0.2) is 18.2 Å². The van der Waals surface area contributed by atoms with Gasteiger partial charge < -0.3 is 15.8 Å². The topological polar surface area (TPSA) is 64.3 Å². The number of carbonyl (C=O) groups is 1. The maximum absolute atomic E-state index is 12.0. The molecule has 4 nitrogen and oxygen atoms in total. The van der Waals surface area contributed by atoms with Gasteiger partial charge in [0.05, 0.1) is 12.2 Å². The SMILES string of the molecule is CCOC(=O)c1cc(N)ccc1NC1CCC(CC)CC1. The van der Waals surface area contributed by atoms with Gasteiger partial charge in [-0.25, -0.2) is 4.79 Å². The monoisotopic (exact) mass is 290 g/mol. The van der Waals surface area contributed by atoms with Gasteiger partial charge in [-0.2, -0.15) is 0 Å².